The van der Waals surface area contributed by atoms with E-state index < -0.39 is 18.7 Å². The maximum Gasteiger partial charge on any atom is 0.422 e. The van der Waals surface area contributed by atoms with Crippen LogP contribution in [0.4, 0.5) is 19.0 Å². The molecular formula is C21H20F3N5O4. The molecule has 3 rings (SSSR count). The predicted molar refractivity (Wildman–Crippen MR) is 109 cm³/mol. The number of halogens is 3. The average molecular weight is 463 g/mol. The van der Waals surface area contributed by atoms with Crippen LogP contribution in [-0.2, 0) is 17.9 Å². The van der Waals surface area contributed by atoms with Crippen molar-refractivity contribution in [1.82, 2.24) is 19.9 Å². The first-order chi connectivity index (χ1) is 15.7. The summed E-state index contributed by atoms with van der Waals surface area (Å²) < 4.78 is 46.8. The summed E-state index contributed by atoms with van der Waals surface area (Å²) in [6, 6.07) is 3.28. The Kier molecular flexibility index (Phi) is 7.26. The molecule has 12 heteroatoms. The lowest BCUT2D eigenvalue weighted by molar-refractivity contribution is -0.153. The second-order valence-electron chi connectivity index (χ2n) is 7.13. The van der Waals surface area contributed by atoms with Gasteiger partial charge in [0.05, 0.1) is 24.6 Å². The van der Waals surface area contributed by atoms with Gasteiger partial charge in [-0.05, 0) is 37.1 Å². The summed E-state index contributed by atoms with van der Waals surface area (Å²) in [6.07, 6.45) is 1.25. The number of pyridine rings is 2. The molecule has 0 aliphatic carbocycles. The molecule has 3 aromatic heterocycles. The first-order valence-corrected chi connectivity index (χ1v) is 9.65. The number of carbonyl (C=O) groups excluding carboxylic acids is 2. The molecule has 3 aromatic rings. The normalized spacial score (nSPS) is 11.2. The molecule has 0 aliphatic heterocycles. The van der Waals surface area contributed by atoms with Crippen molar-refractivity contribution in [3.8, 4) is 5.75 Å². The van der Waals surface area contributed by atoms with Gasteiger partial charge in [0.15, 0.2) is 13.0 Å². The fourth-order valence-corrected chi connectivity index (χ4v) is 2.93. The number of hydrogen-bond acceptors (Lipinski definition) is 7. The highest BCUT2D eigenvalue weighted by Crippen LogP contribution is 2.23. The van der Waals surface area contributed by atoms with Crippen LogP contribution in [0.15, 0.2) is 41.5 Å². The van der Waals surface area contributed by atoms with Gasteiger partial charge in [-0.25, -0.2) is 9.97 Å². The standard InChI is InChI=1S/C21H20F3N5O4/c1-13-3-4-26-19(28-20(31)18-6-25-11-33-18)16(13)9-29(12-30)8-15-5-14(2)17(7-27-15)32-10-21(22,23)24/h3-7,11-12H,8-10H2,1-2H3,(H,26,28,31). The summed E-state index contributed by atoms with van der Waals surface area (Å²) in [5.41, 5.74) is 2.28. The van der Waals surface area contributed by atoms with E-state index in [9.17, 15) is 22.8 Å². The number of carbonyl (C=O) groups is 2. The topological polar surface area (TPSA) is 110 Å². The molecule has 0 saturated carbocycles. The van der Waals surface area contributed by atoms with Gasteiger partial charge in [-0.2, -0.15) is 13.2 Å². The smallest absolute Gasteiger partial charge is 0.422 e. The van der Waals surface area contributed by atoms with Gasteiger partial charge in [-0.1, -0.05) is 0 Å². The first kappa shape index (κ1) is 23.7. The van der Waals surface area contributed by atoms with E-state index in [0.29, 0.717) is 23.2 Å². The third-order valence-corrected chi connectivity index (χ3v) is 4.56. The number of ether oxygens (including phenoxy) is 1. The van der Waals surface area contributed by atoms with Crippen LogP contribution in [0.5, 0.6) is 5.75 Å². The maximum absolute atomic E-state index is 12.4. The number of amides is 2. The van der Waals surface area contributed by atoms with Gasteiger partial charge in [-0.15, -0.1) is 0 Å². The van der Waals surface area contributed by atoms with Crippen LogP contribution in [0.1, 0.15) is 32.9 Å². The molecule has 174 valence electrons. The van der Waals surface area contributed by atoms with Crippen LogP contribution in [0, 0.1) is 13.8 Å². The van der Waals surface area contributed by atoms with Crippen molar-refractivity contribution in [2.24, 2.45) is 0 Å². The zero-order valence-electron chi connectivity index (χ0n) is 17.7. The number of oxazole rings is 1. The van der Waals surface area contributed by atoms with Gasteiger partial charge >= 0.3 is 6.18 Å². The second kappa shape index (κ2) is 10.1. The van der Waals surface area contributed by atoms with E-state index >= 15 is 0 Å². The van der Waals surface area contributed by atoms with E-state index in [1.807, 2.05) is 0 Å². The average Bonchev–Trinajstić information content (AvgIpc) is 3.29. The molecule has 33 heavy (non-hydrogen) atoms. The maximum atomic E-state index is 12.4. The zero-order valence-corrected chi connectivity index (χ0v) is 17.7. The third-order valence-electron chi connectivity index (χ3n) is 4.56. The van der Waals surface area contributed by atoms with Crippen LogP contribution in [0.2, 0.25) is 0 Å². The van der Waals surface area contributed by atoms with Crippen molar-refractivity contribution in [1.29, 1.82) is 0 Å². The molecule has 0 unspecified atom stereocenters. The highest BCUT2D eigenvalue weighted by molar-refractivity contribution is 6.01. The molecule has 0 aliphatic rings. The van der Waals surface area contributed by atoms with Crippen molar-refractivity contribution in [2.75, 3.05) is 11.9 Å². The van der Waals surface area contributed by atoms with Gasteiger partial charge < -0.3 is 19.4 Å². The predicted octanol–water partition coefficient (Wildman–Crippen LogP) is 3.43. The minimum atomic E-state index is -4.46. The van der Waals surface area contributed by atoms with Crippen LogP contribution < -0.4 is 10.1 Å². The van der Waals surface area contributed by atoms with Crippen LogP contribution >= 0.6 is 0 Å². The van der Waals surface area contributed by atoms with Crippen LogP contribution in [0.3, 0.4) is 0 Å². The quantitative estimate of drug-likeness (QED) is 0.484. The summed E-state index contributed by atoms with van der Waals surface area (Å²) in [5, 5.41) is 2.64. The number of aryl methyl sites for hydroxylation is 2. The number of alkyl halides is 3. The summed E-state index contributed by atoms with van der Waals surface area (Å²) in [4.78, 5) is 37.4. The molecule has 0 atom stereocenters. The Balaban J connectivity index is 1.73. The molecule has 0 fully saturated rings. The fraction of sp³-hybridized carbons (Fsp3) is 0.286. The molecular weight excluding hydrogens is 443 g/mol. The second-order valence-corrected chi connectivity index (χ2v) is 7.13. The number of nitrogens with zero attached hydrogens (tertiary/aromatic N) is 4. The van der Waals surface area contributed by atoms with E-state index in [4.69, 9.17) is 9.15 Å². The van der Waals surface area contributed by atoms with E-state index in [1.165, 1.54) is 23.5 Å². The van der Waals surface area contributed by atoms with Gasteiger partial charge in [0, 0.05) is 18.3 Å². The third kappa shape index (κ3) is 6.51. The lowest BCUT2D eigenvalue weighted by Gasteiger charge is -2.20. The molecule has 0 spiro atoms. The monoisotopic (exact) mass is 463 g/mol. The SMILES string of the molecule is Cc1cc(CN(C=O)Cc2c(C)ccnc2NC(=O)c2cnco2)ncc1OCC(F)(F)F. The van der Waals surface area contributed by atoms with Gasteiger partial charge in [0.1, 0.15) is 11.6 Å². The van der Waals surface area contributed by atoms with Crippen LogP contribution in [0.25, 0.3) is 0 Å². The molecule has 0 radical (unpaired) electrons. The van der Waals surface area contributed by atoms with E-state index in [2.05, 4.69) is 20.3 Å². The minimum Gasteiger partial charge on any atom is -0.482 e. The Morgan fingerprint density at radius 2 is 2.00 bits per heavy atom. The molecule has 0 saturated heterocycles. The number of aromatic nitrogens is 3. The van der Waals surface area contributed by atoms with Gasteiger partial charge in [0.2, 0.25) is 12.2 Å². The van der Waals surface area contributed by atoms with E-state index in [1.54, 1.807) is 26.0 Å². The van der Waals surface area contributed by atoms with E-state index in [-0.39, 0.29) is 30.4 Å². The zero-order chi connectivity index (χ0) is 24.0. The summed E-state index contributed by atoms with van der Waals surface area (Å²) in [5.74, 6) is -0.280. The minimum absolute atomic E-state index is 0.00371. The van der Waals surface area contributed by atoms with Gasteiger partial charge in [-0.3, -0.25) is 14.6 Å². The van der Waals surface area contributed by atoms with E-state index in [0.717, 1.165) is 12.0 Å². The molecule has 9 nitrogen and oxygen atoms in total. The molecule has 2 amide bonds. The molecule has 1 N–H and O–H groups in total. The first-order valence-electron chi connectivity index (χ1n) is 9.65. The van der Waals surface area contributed by atoms with Crippen LogP contribution in [-0.4, -0.2) is 45.0 Å². The number of rotatable bonds is 9. The van der Waals surface area contributed by atoms with Crippen molar-refractivity contribution in [3.63, 3.8) is 0 Å². The van der Waals surface area contributed by atoms with Crippen molar-refractivity contribution >= 4 is 18.1 Å². The number of anilines is 1. The Hall–Kier alpha value is -3.96. The molecule has 3 heterocycles. The molecule has 0 aromatic carbocycles. The Labute approximate surface area is 186 Å². The number of nitrogens with one attached hydrogen (secondary N) is 1. The van der Waals surface area contributed by atoms with Crippen molar-refractivity contribution < 1.29 is 31.9 Å². The number of hydrogen-bond donors (Lipinski definition) is 1. The van der Waals surface area contributed by atoms with Gasteiger partial charge in [0.25, 0.3) is 5.91 Å². The van der Waals surface area contributed by atoms with Crippen molar-refractivity contribution in [3.05, 3.63) is 65.3 Å². The Morgan fingerprint density at radius 1 is 1.21 bits per heavy atom. The summed E-state index contributed by atoms with van der Waals surface area (Å²) in [7, 11) is 0. The largest absolute Gasteiger partial charge is 0.482 e. The van der Waals surface area contributed by atoms with Crippen molar-refractivity contribution in [2.45, 2.75) is 33.1 Å². The fourth-order valence-electron chi connectivity index (χ4n) is 2.93. The Morgan fingerprint density at radius 3 is 2.64 bits per heavy atom. The lowest BCUT2D eigenvalue weighted by atomic mass is 10.1. The summed E-state index contributed by atoms with van der Waals surface area (Å²) >= 11 is 0. The molecule has 0 bridgehead atoms. The highest BCUT2D eigenvalue weighted by Gasteiger charge is 2.28. The Bertz CT molecular complexity index is 1120. The lowest BCUT2D eigenvalue weighted by Crippen LogP contribution is -2.24. The highest BCUT2D eigenvalue weighted by atomic mass is 19.4. The summed E-state index contributed by atoms with van der Waals surface area (Å²) in [6.45, 7) is 2.15.